The summed E-state index contributed by atoms with van der Waals surface area (Å²) in [7, 11) is 0. The third-order valence-electron chi connectivity index (χ3n) is 5.94. The van der Waals surface area contributed by atoms with Crippen LogP contribution in [0.5, 0.6) is 5.75 Å². The molecule has 10 heteroatoms. The van der Waals surface area contributed by atoms with Gasteiger partial charge in [-0.3, -0.25) is 9.48 Å². The normalized spacial score (nSPS) is 11.2. The molecule has 4 rings (SSSR count). The number of carbonyl (C=O) groups is 1. The van der Waals surface area contributed by atoms with Crippen molar-refractivity contribution < 1.29 is 18.7 Å². The maximum Gasteiger partial charge on any atom is 0.197 e. The van der Waals surface area contributed by atoms with E-state index in [0.29, 0.717) is 24.5 Å². The van der Waals surface area contributed by atoms with E-state index in [1.807, 2.05) is 6.20 Å². The number of carbonyl (C=O) groups excluding carboxylic acids is 1. The number of anilines is 1. The van der Waals surface area contributed by atoms with Gasteiger partial charge in [0.2, 0.25) is 0 Å². The summed E-state index contributed by atoms with van der Waals surface area (Å²) in [6, 6.07) is 7.54. The summed E-state index contributed by atoms with van der Waals surface area (Å²) in [5, 5.41) is 18.6. The van der Waals surface area contributed by atoms with Crippen molar-refractivity contribution in [3.05, 3.63) is 77.4 Å². The van der Waals surface area contributed by atoms with Crippen LogP contribution in [0.15, 0.2) is 48.8 Å². The lowest BCUT2D eigenvalue weighted by molar-refractivity contribution is 0.0975. The number of nitrogens with zero attached hydrogens (tertiary/aromatic N) is 4. The van der Waals surface area contributed by atoms with Crippen molar-refractivity contribution in [1.82, 2.24) is 25.0 Å². The van der Waals surface area contributed by atoms with Gasteiger partial charge in [-0.25, -0.2) is 13.8 Å². The van der Waals surface area contributed by atoms with Gasteiger partial charge in [-0.1, -0.05) is 17.7 Å². The predicted octanol–water partition coefficient (Wildman–Crippen LogP) is 4.85. The Balaban J connectivity index is 1.20. The molecule has 0 saturated heterocycles. The highest BCUT2D eigenvalue weighted by Gasteiger charge is 2.14. The lowest BCUT2D eigenvalue weighted by Gasteiger charge is -2.08. The number of imidazole rings is 1. The van der Waals surface area contributed by atoms with Gasteiger partial charge >= 0.3 is 0 Å². The van der Waals surface area contributed by atoms with Crippen LogP contribution in [0.25, 0.3) is 11.1 Å². The van der Waals surface area contributed by atoms with E-state index in [0.717, 1.165) is 55.6 Å². The molecule has 0 aliphatic carbocycles. The summed E-state index contributed by atoms with van der Waals surface area (Å²) in [4.78, 5) is 19.6. The van der Waals surface area contributed by atoms with E-state index >= 15 is 0 Å². The number of aromatic nitrogens is 5. The Morgan fingerprint density at radius 1 is 1.06 bits per heavy atom. The minimum Gasteiger partial charge on any atom is -0.507 e. The fourth-order valence-corrected chi connectivity index (χ4v) is 4.06. The summed E-state index contributed by atoms with van der Waals surface area (Å²) in [6.07, 6.45) is 9.22. The van der Waals surface area contributed by atoms with Gasteiger partial charge in [0.1, 0.15) is 17.4 Å². The van der Waals surface area contributed by atoms with Crippen LogP contribution < -0.4 is 5.73 Å². The van der Waals surface area contributed by atoms with Gasteiger partial charge < -0.3 is 15.8 Å². The summed E-state index contributed by atoms with van der Waals surface area (Å²) >= 11 is 0. The summed E-state index contributed by atoms with van der Waals surface area (Å²) in [5.41, 5.74) is 8.20. The van der Waals surface area contributed by atoms with Crippen LogP contribution in [0.2, 0.25) is 0 Å². The van der Waals surface area contributed by atoms with Gasteiger partial charge in [0.05, 0.1) is 17.5 Å². The number of aromatic hydroxyl groups is 1. The fraction of sp³-hybridized carbons (Fsp3) is 0.308. The number of halogens is 2. The zero-order valence-corrected chi connectivity index (χ0v) is 19.8. The van der Waals surface area contributed by atoms with Crippen molar-refractivity contribution in [3.63, 3.8) is 0 Å². The third-order valence-corrected chi connectivity index (χ3v) is 5.94. The molecule has 0 amide bonds. The number of phenols is 1. The van der Waals surface area contributed by atoms with Crippen LogP contribution in [-0.2, 0) is 19.4 Å². The average Bonchev–Trinajstić information content (AvgIpc) is 3.47. The number of ketones is 1. The van der Waals surface area contributed by atoms with Crippen LogP contribution >= 0.6 is 0 Å². The van der Waals surface area contributed by atoms with Gasteiger partial charge in [0.25, 0.3) is 0 Å². The molecule has 0 spiro atoms. The van der Waals surface area contributed by atoms with E-state index in [1.165, 1.54) is 24.3 Å². The number of Topliss-reactive ketones (excluding diaryl/α,β-unsaturated/α-hetero) is 1. The number of H-pyrrole nitrogens is 1. The second-order valence-corrected chi connectivity index (χ2v) is 8.71. The third kappa shape index (κ3) is 6.53. The predicted molar refractivity (Wildman–Crippen MR) is 131 cm³/mol. The first-order chi connectivity index (χ1) is 17.4. The van der Waals surface area contributed by atoms with Crippen LogP contribution in [0.4, 0.5) is 14.7 Å². The van der Waals surface area contributed by atoms with Crippen LogP contribution in [-0.4, -0.2) is 35.9 Å². The topological polar surface area (TPSA) is 123 Å². The fourth-order valence-electron chi connectivity index (χ4n) is 4.06. The smallest absolute Gasteiger partial charge is 0.197 e. The molecule has 0 atom stereocenters. The molecule has 0 aliphatic heterocycles. The molecular weight excluding hydrogens is 466 g/mol. The molecule has 0 saturated carbocycles. The lowest BCUT2D eigenvalue weighted by Crippen LogP contribution is -2.04. The minimum absolute atomic E-state index is 0.149. The van der Waals surface area contributed by atoms with E-state index in [1.54, 1.807) is 10.9 Å². The van der Waals surface area contributed by atoms with E-state index < -0.39 is 11.6 Å². The number of rotatable bonds is 12. The molecule has 4 aromatic rings. The van der Waals surface area contributed by atoms with Gasteiger partial charge in [-0.05, 0) is 61.9 Å². The monoisotopic (exact) mass is 494 g/mol. The Bertz CT molecular complexity index is 1330. The lowest BCUT2D eigenvalue weighted by atomic mass is 9.99. The average molecular weight is 495 g/mol. The van der Waals surface area contributed by atoms with Gasteiger partial charge in [0.15, 0.2) is 11.7 Å². The van der Waals surface area contributed by atoms with Crippen molar-refractivity contribution in [2.45, 2.75) is 51.5 Å². The highest BCUT2D eigenvalue weighted by Crippen LogP contribution is 2.29. The Labute approximate surface area is 207 Å². The second kappa shape index (κ2) is 11.6. The first-order valence-electron chi connectivity index (χ1n) is 11.9. The Morgan fingerprint density at radius 2 is 1.89 bits per heavy atom. The van der Waals surface area contributed by atoms with Gasteiger partial charge in [-0.15, -0.1) is 5.10 Å². The largest absolute Gasteiger partial charge is 0.507 e. The Kier molecular flexibility index (Phi) is 8.04. The Hall–Kier alpha value is -4.08. The van der Waals surface area contributed by atoms with Crippen LogP contribution in [0, 0.1) is 11.6 Å². The molecule has 2 heterocycles. The Morgan fingerprint density at radius 3 is 2.64 bits per heavy atom. The molecule has 2 aromatic carbocycles. The quantitative estimate of drug-likeness (QED) is 0.191. The van der Waals surface area contributed by atoms with Crippen LogP contribution in [0.3, 0.4) is 0 Å². The second-order valence-electron chi connectivity index (χ2n) is 8.71. The van der Waals surface area contributed by atoms with Gasteiger partial charge in [-0.2, -0.15) is 0 Å². The van der Waals surface area contributed by atoms with E-state index in [2.05, 4.69) is 20.3 Å². The number of nitrogens with one attached hydrogen (secondary N) is 1. The molecule has 0 aliphatic rings. The number of unbranched alkanes of at least 4 members (excludes halogenated alkanes) is 2. The number of nitrogen functional groups attached to an aromatic ring is 1. The number of phenolic OH excluding ortho intramolecular Hbond substituents is 1. The molecule has 8 nitrogen and oxygen atoms in total. The summed E-state index contributed by atoms with van der Waals surface area (Å²) in [5.74, 6) is -1.44. The summed E-state index contributed by atoms with van der Waals surface area (Å²) in [6.45, 7) is 0.527. The molecule has 188 valence electrons. The molecule has 4 N–H and O–H groups in total. The van der Waals surface area contributed by atoms with Crippen molar-refractivity contribution in [1.29, 1.82) is 0 Å². The van der Waals surface area contributed by atoms with Crippen molar-refractivity contribution in [2.24, 2.45) is 0 Å². The zero-order valence-electron chi connectivity index (χ0n) is 19.8. The zero-order chi connectivity index (χ0) is 25.5. The highest BCUT2D eigenvalue weighted by molar-refractivity contribution is 5.99. The SMILES string of the molecule is Nc1ncc(CCCCCc2cn(CCCC(=O)c3ccc(-c4ccc(F)cc4F)cc3O)nn2)[nH]1. The molecule has 0 bridgehead atoms. The maximum absolute atomic E-state index is 14.0. The highest BCUT2D eigenvalue weighted by atomic mass is 19.1. The first-order valence-corrected chi connectivity index (χ1v) is 11.9. The summed E-state index contributed by atoms with van der Waals surface area (Å²) < 4.78 is 28.9. The number of aryl methyl sites for hydroxylation is 3. The van der Waals surface area contributed by atoms with E-state index in [4.69, 9.17) is 5.73 Å². The number of hydrogen-bond acceptors (Lipinski definition) is 6. The van der Waals surface area contributed by atoms with E-state index in [-0.39, 0.29) is 29.1 Å². The van der Waals surface area contributed by atoms with Crippen LogP contribution in [0.1, 0.15) is 53.8 Å². The van der Waals surface area contributed by atoms with Crippen molar-refractivity contribution in [2.75, 3.05) is 5.73 Å². The minimum atomic E-state index is -0.736. The molecule has 36 heavy (non-hydrogen) atoms. The first kappa shape index (κ1) is 25.0. The van der Waals surface area contributed by atoms with Crippen molar-refractivity contribution >= 4 is 11.7 Å². The van der Waals surface area contributed by atoms with Gasteiger partial charge in [0, 0.05) is 36.5 Å². The molecule has 2 aromatic heterocycles. The van der Waals surface area contributed by atoms with E-state index in [9.17, 15) is 18.7 Å². The molecule has 0 unspecified atom stereocenters. The maximum atomic E-state index is 14.0. The molecule has 0 radical (unpaired) electrons. The number of hydrogen-bond donors (Lipinski definition) is 3. The standard InChI is InChI=1S/C26H28F2N6O2/c27-18-9-11-21(23(28)14-18)17-8-10-22(25(36)13-17)24(35)7-4-12-34-16-20(32-33-34)6-3-1-2-5-19-15-30-26(29)31-19/h8-11,13-16,36H,1-7,12H2,(H3,29,30,31). The number of aromatic amines is 1. The number of benzene rings is 2. The molecule has 0 fully saturated rings. The number of nitrogens with two attached hydrogens (primary N) is 1. The van der Waals surface area contributed by atoms with Crippen molar-refractivity contribution in [3.8, 4) is 16.9 Å². The molecular formula is C26H28F2N6O2.